The third-order valence-corrected chi connectivity index (χ3v) is 6.93. The SMILES string of the molecule is O=c1c(O[C@@H]2OC(CO)[C@H](O)C(O)C2O)c(-c2ccc(O)c(O)c2)oc2cc(O[C@@H]3OC[C@@H](O)[C@H](O)C3O)cc(O)c12. The van der Waals surface area contributed by atoms with Crippen molar-refractivity contribution in [3.8, 4) is 40.1 Å². The molecule has 1 aromatic heterocycles. The molecule has 2 aliphatic heterocycles. The van der Waals surface area contributed by atoms with Gasteiger partial charge in [-0.25, -0.2) is 0 Å². The quantitative estimate of drug-likeness (QED) is 0.133. The smallest absolute Gasteiger partial charge is 0.239 e. The molecule has 16 heteroatoms. The Morgan fingerprint density at radius 3 is 2.19 bits per heavy atom. The molecular formula is C26H28O16. The standard InChI is InChI=1S/C26H28O16/c27-6-15-18(33)20(35)22(37)26(41-15)42-24-19(34)16-12(30)4-9(39-25-21(36)17(32)13(31)7-38-25)5-14(16)40-23(24)8-1-2-10(28)11(29)3-8/h1-5,13,15,17-18,20-22,25-33,35-37H,6-7H2/t13-,15?,17+,18+,20?,21?,22?,25+,26+/m1/s1. The van der Waals surface area contributed by atoms with Gasteiger partial charge in [-0.2, -0.15) is 0 Å². The van der Waals surface area contributed by atoms with Gasteiger partial charge in [-0.1, -0.05) is 0 Å². The Morgan fingerprint density at radius 1 is 0.786 bits per heavy atom. The molecule has 16 nitrogen and oxygen atoms in total. The van der Waals surface area contributed by atoms with E-state index in [1.165, 1.54) is 6.07 Å². The van der Waals surface area contributed by atoms with Crippen molar-refractivity contribution in [1.82, 2.24) is 0 Å². The average molecular weight is 596 g/mol. The molecule has 42 heavy (non-hydrogen) atoms. The van der Waals surface area contributed by atoms with Crippen molar-refractivity contribution in [3.05, 3.63) is 40.6 Å². The monoisotopic (exact) mass is 596 g/mol. The summed E-state index contributed by atoms with van der Waals surface area (Å²) in [7, 11) is 0. The van der Waals surface area contributed by atoms with E-state index in [9.17, 15) is 55.9 Å². The minimum Gasteiger partial charge on any atom is -0.507 e. The zero-order valence-electron chi connectivity index (χ0n) is 21.4. The van der Waals surface area contributed by atoms with E-state index in [2.05, 4.69) is 0 Å². The number of phenols is 3. The highest BCUT2D eigenvalue weighted by Crippen LogP contribution is 2.40. The zero-order valence-corrected chi connectivity index (χ0v) is 21.4. The van der Waals surface area contributed by atoms with Gasteiger partial charge in [0.05, 0.1) is 13.2 Å². The van der Waals surface area contributed by atoms with Gasteiger partial charge in [0, 0.05) is 17.7 Å². The van der Waals surface area contributed by atoms with Gasteiger partial charge in [0.2, 0.25) is 23.8 Å². The lowest BCUT2D eigenvalue weighted by Crippen LogP contribution is -2.60. The fourth-order valence-corrected chi connectivity index (χ4v) is 4.59. The molecule has 0 spiro atoms. The first-order valence-corrected chi connectivity index (χ1v) is 12.6. The van der Waals surface area contributed by atoms with Gasteiger partial charge >= 0.3 is 0 Å². The lowest BCUT2D eigenvalue weighted by molar-refractivity contribution is -0.277. The van der Waals surface area contributed by atoms with Crippen molar-refractivity contribution in [2.75, 3.05) is 13.2 Å². The fraction of sp³-hybridized carbons (Fsp3) is 0.423. The Balaban J connectivity index is 1.61. The zero-order chi connectivity index (χ0) is 30.5. The van der Waals surface area contributed by atoms with Gasteiger partial charge in [-0.3, -0.25) is 4.79 Å². The number of phenolic OH excluding ortho intramolecular Hbond substituents is 3. The first kappa shape index (κ1) is 29.8. The topological polar surface area (TPSA) is 269 Å². The normalized spacial score (nSPS) is 31.6. The lowest BCUT2D eigenvalue weighted by atomic mass is 9.99. The molecule has 3 aromatic rings. The third kappa shape index (κ3) is 5.31. The van der Waals surface area contributed by atoms with Crippen LogP contribution >= 0.6 is 0 Å². The van der Waals surface area contributed by atoms with Gasteiger partial charge in [-0.05, 0) is 18.2 Å². The van der Waals surface area contributed by atoms with Crippen LogP contribution in [0.4, 0.5) is 0 Å². The van der Waals surface area contributed by atoms with Crippen molar-refractivity contribution < 1.29 is 74.4 Å². The van der Waals surface area contributed by atoms with E-state index in [0.29, 0.717) is 0 Å². The number of hydrogen-bond donors (Lipinski definition) is 10. The molecule has 3 heterocycles. The summed E-state index contributed by atoms with van der Waals surface area (Å²) in [5.74, 6) is -3.13. The van der Waals surface area contributed by atoms with Crippen LogP contribution in [0.3, 0.4) is 0 Å². The number of fused-ring (bicyclic) bond motifs is 1. The van der Waals surface area contributed by atoms with Crippen LogP contribution in [0.5, 0.6) is 28.7 Å². The molecule has 0 amide bonds. The summed E-state index contributed by atoms with van der Waals surface area (Å²) in [6, 6.07) is 5.42. The summed E-state index contributed by atoms with van der Waals surface area (Å²) >= 11 is 0. The summed E-state index contributed by atoms with van der Waals surface area (Å²) < 4.78 is 27.5. The highest BCUT2D eigenvalue weighted by atomic mass is 16.7. The Labute approximate surface area is 235 Å². The number of benzene rings is 2. The van der Waals surface area contributed by atoms with Crippen LogP contribution < -0.4 is 14.9 Å². The Kier molecular flexibility index (Phi) is 8.17. The van der Waals surface area contributed by atoms with Gasteiger partial charge in [0.1, 0.15) is 65.2 Å². The fourth-order valence-electron chi connectivity index (χ4n) is 4.59. The van der Waals surface area contributed by atoms with E-state index in [4.69, 9.17) is 23.4 Å². The van der Waals surface area contributed by atoms with E-state index in [1.54, 1.807) is 0 Å². The van der Waals surface area contributed by atoms with Crippen LogP contribution in [0, 0.1) is 0 Å². The molecule has 228 valence electrons. The molecule has 2 fully saturated rings. The van der Waals surface area contributed by atoms with Crippen LogP contribution in [0.15, 0.2) is 39.5 Å². The largest absolute Gasteiger partial charge is 0.507 e. The maximum absolute atomic E-state index is 13.7. The van der Waals surface area contributed by atoms with E-state index < -0.39 is 101 Å². The second kappa shape index (κ2) is 11.5. The van der Waals surface area contributed by atoms with Gasteiger partial charge in [0.15, 0.2) is 17.3 Å². The highest BCUT2D eigenvalue weighted by Gasteiger charge is 2.45. The number of aromatic hydroxyl groups is 3. The van der Waals surface area contributed by atoms with Crippen molar-refractivity contribution in [3.63, 3.8) is 0 Å². The summed E-state index contributed by atoms with van der Waals surface area (Å²) in [6.45, 7) is -1.15. The van der Waals surface area contributed by atoms with E-state index in [0.717, 1.165) is 24.3 Å². The molecule has 2 saturated heterocycles. The molecule has 2 aliphatic rings. The molecule has 0 bridgehead atoms. The summed E-state index contributed by atoms with van der Waals surface area (Å²) in [5.41, 5.74) is -1.39. The second-order valence-electron chi connectivity index (χ2n) is 9.79. The van der Waals surface area contributed by atoms with Crippen LogP contribution in [0.25, 0.3) is 22.3 Å². The minimum absolute atomic E-state index is 0.0437. The minimum atomic E-state index is -1.92. The molecule has 10 N–H and O–H groups in total. The maximum atomic E-state index is 13.7. The van der Waals surface area contributed by atoms with Crippen molar-refractivity contribution in [1.29, 1.82) is 0 Å². The van der Waals surface area contributed by atoms with Crippen molar-refractivity contribution >= 4 is 11.0 Å². The molecular weight excluding hydrogens is 568 g/mol. The second-order valence-corrected chi connectivity index (χ2v) is 9.79. The molecule has 4 unspecified atom stereocenters. The number of hydrogen-bond acceptors (Lipinski definition) is 16. The van der Waals surface area contributed by atoms with Crippen LogP contribution in [0.2, 0.25) is 0 Å². The Hall–Kier alpha value is -3.71. The van der Waals surface area contributed by atoms with Gasteiger partial charge < -0.3 is 74.4 Å². The van der Waals surface area contributed by atoms with Crippen molar-refractivity contribution in [2.45, 2.75) is 55.3 Å². The summed E-state index contributed by atoms with van der Waals surface area (Å²) in [4.78, 5) is 13.7. The number of aliphatic hydroxyl groups is 7. The molecule has 2 aromatic carbocycles. The van der Waals surface area contributed by atoms with Gasteiger partial charge in [-0.15, -0.1) is 0 Å². The predicted octanol–water partition coefficient (Wildman–Crippen LogP) is -2.43. The maximum Gasteiger partial charge on any atom is 0.239 e. The average Bonchev–Trinajstić information content (AvgIpc) is 2.96. The number of aliphatic hydroxyl groups excluding tert-OH is 7. The molecule has 0 radical (unpaired) electrons. The number of ether oxygens (including phenoxy) is 4. The summed E-state index contributed by atoms with van der Waals surface area (Å²) in [6.07, 6.45) is -14.8. The molecule has 5 rings (SSSR count). The first-order valence-electron chi connectivity index (χ1n) is 12.6. The number of rotatable bonds is 6. The van der Waals surface area contributed by atoms with Crippen molar-refractivity contribution in [2.24, 2.45) is 0 Å². The van der Waals surface area contributed by atoms with Crippen LogP contribution in [-0.2, 0) is 9.47 Å². The predicted molar refractivity (Wildman–Crippen MR) is 136 cm³/mol. The van der Waals surface area contributed by atoms with Crippen LogP contribution in [0.1, 0.15) is 0 Å². The third-order valence-electron chi connectivity index (χ3n) is 6.93. The van der Waals surface area contributed by atoms with E-state index in [1.807, 2.05) is 0 Å². The highest BCUT2D eigenvalue weighted by molar-refractivity contribution is 5.88. The Morgan fingerprint density at radius 2 is 1.50 bits per heavy atom. The first-order chi connectivity index (χ1) is 19.9. The molecule has 0 saturated carbocycles. The summed E-state index contributed by atoms with van der Waals surface area (Å²) in [5, 5.41) is 100. The van der Waals surface area contributed by atoms with E-state index >= 15 is 0 Å². The molecule has 0 aliphatic carbocycles. The molecule has 9 atom stereocenters. The van der Waals surface area contributed by atoms with E-state index in [-0.39, 0.29) is 23.5 Å². The van der Waals surface area contributed by atoms with Gasteiger partial charge in [0.25, 0.3) is 0 Å². The lowest BCUT2D eigenvalue weighted by Gasteiger charge is -2.39. The Bertz CT molecular complexity index is 1500. The van der Waals surface area contributed by atoms with Crippen LogP contribution in [-0.4, -0.2) is 120 Å².